The summed E-state index contributed by atoms with van der Waals surface area (Å²) >= 11 is 0. The third kappa shape index (κ3) is 10.4. The van der Waals surface area contributed by atoms with Crippen LogP contribution >= 0.6 is 0 Å². The summed E-state index contributed by atoms with van der Waals surface area (Å²) in [5.74, 6) is 0.941. The Balaban J connectivity index is 2.13. The second kappa shape index (κ2) is 12.0. The Morgan fingerprint density at radius 1 is 1.25 bits per heavy atom. The lowest BCUT2D eigenvalue weighted by atomic mass is 10.1. The van der Waals surface area contributed by atoms with Gasteiger partial charge in [-0.1, -0.05) is 12.1 Å². The molecule has 0 saturated heterocycles. The van der Waals surface area contributed by atoms with E-state index < -0.39 is 6.10 Å². The van der Waals surface area contributed by atoms with Gasteiger partial charge in [0.1, 0.15) is 30.8 Å². The summed E-state index contributed by atoms with van der Waals surface area (Å²) in [6.07, 6.45) is 2.09. The Labute approximate surface area is 145 Å². The zero-order valence-corrected chi connectivity index (χ0v) is 15.2. The van der Waals surface area contributed by atoms with E-state index in [4.69, 9.17) is 9.47 Å². The molecule has 5 nitrogen and oxygen atoms in total. The minimum Gasteiger partial charge on any atom is -0.491 e. The van der Waals surface area contributed by atoms with E-state index in [9.17, 15) is 9.90 Å². The summed E-state index contributed by atoms with van der Waals surface area (Å²) in [6, 6.07) is 7.70. The molecule has 3 N–H and O–H groups in total. The number of quaternary nitrogens is 1. The van der Waals surface area contributed by atoms with Crippen molar-refractivity contribution in [1.82, 2.24) is 0 Å². The van der Waals surface area contributed by atoms with Crippen molar-refractivity contribution in [1.29, 1.82) is 0 Å². The Hall–Kier alpha value is -1.43. The number of ketones is 1. The zero-order valence-electron chi connectivity index (χ0n) is 15.2. The largest absolute Gasteiger partial charge is 0.491 e. The Kier molecular flexibility index (Phi) is 10.3. The summed E-state index contributed by atoms with van der Waals surface area (Å²) in [5.41, 5.74) is 1.12. The van der Waals surface area contributed by atoms with Gasteiger partial charge in [0.05, 0.1) is 19.3 Å². The fraction of sp³-hybridized carbons (Fsp3) is 0.632. The monoisotopic (exact) mass is 338 g/mol. The lowest BCUT2D eigenvalue weighted by molar-refractivity contribution is -0.661. The number of hydrogen-bond donors (Lipinski definition) is 2. The third-order valence-electron chi connectivity index (χ3n) is 3.57. The average Bonchev–Trinajstić information content (AvgIpc) is 2.54. The number of benzene rings is 1. The predicted molar refractivity (Wildman–Crippen MR) is 94.3 cm³/mol. The first-order valence-corrected chi connectivity index (χ1v) is 8.80. The number of hydrogen-bond acceptors (Lipinski definition) is 4. The Morgan fingerprint density at radius 3 is 2.58 bits per heavy atom. The number of carbonyl (C=O) groups excluding carboxylic acids is 1. The summed E-state index contributed by atoms with van der Waals surface area (Å²) in [4.78, 5) is 11.0. The maximum absolute atomic E-state index is 11.0. The Bertz CT molecular complexity index is 459. The summed E-state index contributed by atoms with van der Waals surface area (Å²) in [6.45, 7) is 8.27. The van der Waals surface area contributed by atoms with Crippen LogP contribution in [0.4, 0.5) is 0 Å². The van der Waals surface area contributed by atoms with Gasteiger partial charge in [-0.05, 0) is 44.9 Å². The van der Waals surface area contributed by atoms with Crippen LogP contribution in [0.2, 0.25) is 0 Å². The number of Topliss-reactive ketones (excluding diaryl/α,β-unsaturated/α-hetero) is 1. The highest BCUT2D eigenvalue weighted by atomic mass is 16.5. The standard InChI is InChI=1S/C19H31NO4/c1-15(2)23-12-4-11-20-13-18(22)14-24-19-9-7-17(8-10-19)6-5-16(3)21/h7-10,15,18,20,22H,4-6,11-14H2,1-3H3/p+1/t18-/m0/s1. The fourth-order valence-electron chi connectivity index (χ4n) is 2.19. The fourth-order valence-corrected chi connectivity index (χ4v) is 2.19. The molecule has 1 rings (SSSR count). The molecule has 0 saturated carbocycles. The third-order valence-corrected chi connectivity index (χ3v) is 3.57. The van der Waals surface area contributed by atoms with E-state index in [2.05, 4.69) is 5.32 Å². The molecular formula is C19H32NO4+. The van der Waals surface area contributed by atoms with Crippen LogP contribution in [0.5, 0.6) is 5.75 Å². The van der Waals surface area contributed by atoms with E-state index in [0.29, 0.717) is 13.0 Å². The highest BCUT2D eigenvalue weighted by molar-refractivity contribution is 5.75. The number of ether oxygens (including phenoxy) is 2. The van der Waals surface area contributed by atoms with Gasteiger partial charge < -0.3 is 24.7 Å². The number of aliphatic hydroxyl groups is 1. The first-order chi connectivity index (χ1) is 11.5. The van der Waals surface area contributed by atoms with Gasteiger partial charge in [-0.25, -0.2) is 0 Å². The van der Waals surface area contributed by atoms with Crippen LogP contribution in [-0.4, -0.2) is 49.4 Å². The lowest BCUT2D eigenvalue weighted by Gasteiger charge is -2.12. The number of rotatable bonds is 13. The molecule has 0 fully saturated rings. The van der Waals surface area contributed by atoms with E-state index in [1.54, 1.807) is 6.92 Å². The minimum atomic E-state index is -0.492. The van der Waals surface area contributed by atoms with Crippen molar-refractivity contribution in [2.45, 2.75) is 52.2 Å². The molecule has 0 heterocycles. The molecule has 1 aromatic carbocycles. The van der Waals surface area contributed by atoms with Gasteiger partial charge in [-0.15, -0.1) is 0 Å². The van der Waals surface area contributed by atoms with Crippen molar-refractivity contribution in [2.24, 2.45) is 0 Å². The van der Waals surface area contributed by atoms with Gasteiger partial charge in [-0.3, -0.25) is 0 Å². The molecule has 0 aromatic heterocycles. The molecule has 0 bridgehead atoms. The maximum Gasteiger partial charge on any atom is 0.137 e. The minimum absolute atomic E-state index is 0.200. The quantitative estimate of drug-likeness (QED) is 0.532. The molecule has 0 aliphatic heterocycles. The molecule has 24 heavy (non-hydrogen) atoms. The van der Waals surface area contributed by atoms with E-state index >= 15 is 0 Å². The van der Waals surface area contributed by atoms with Crippen molar-refractivity contribution in [3.8, 4) is 5.75 Å². The second-order valence-electron chi connectivity index (χ2n) is 6.40. The molecule has 1 aromatic rings. The van der Waals surface area contributed by atoms with E-state index in [0.717, 1.165) is 37.3 Å². The average molecular weight is 338 g/mol. The Morgan fingerprint density at radius 2 is 1.96 bits per heavy atom. The molecule has 1 atom stereocenters. The van der Waals surface area contributed by atoms with Crippen LogP contribution in [0.15, 0.2) is 24.3 Å². The van der Waals surface area contributed by atoms with Crippen molar-refractivity contribution in [2.75, 3.05) is 26.3 Å². The number of aliphatic hydroxyl groups excluding tert-OH is 1. The highest BCUT2D eigenvalue weighted by Gasteiger charge is 2.07. The molecule has 5 heteroatoms. The van der Waals surface area contributed by atoms with Gasteiger partial charge in [0.15, 0.2) is 0 Å². The van der Waals surface area contributed by atoms with Gasteiger partial charge in [0.25, 0.3) is 0 Å². The van der Waals surface area contributed by atoms with Crippen molar-refractivity contribution in [3.63, 3.8) is 0 Å². The van der Waals surface area contributed by atoms with Crippen LogP contribution in [-0.2, 0) is 16.0 Å². The molecule has 0 amide bonds. The van der Waals surface area contributed by atoms with Gasteiger partial charge >= 0.3 is 0 Å². The van der Waals surface area contributed by atoms with Crippen LogP contribution in [0, 0.1) is 0 Å². The van der Waals surface area contributed by atoms with Crippen molar-refractivity contribution < 1.29 is 24.7 Å². The second-order valence-corrected chi connectivity index (χ2v) is 6.40. The van der Waals surface area contributed by atoms with E-state index in [1.165, 1.54) is 0 Å². The van der Waals surface area contributed by atoms with Crippen LogP contribution in [0.25, 0.3) is 0 Å². The zero-order chi connectivity index (χ0) is 17.8. The number of aryl methyl sites for hydroxylation is 1. The highest BCUT2D eigenvalue weighted by Crippen LogP contribution is 2.13. The summed E-state index contributed by atoms with van der Waals surface area (Å²) in [7, 11) is 0. The first-order valence-electron chi connectivity index (χ1n) is 8.80. The molecular weight excluding hydrogens is 306 g/mol. The topological polar surface area (TPSA) is 72.4 Å². The SMILES string of the molecule is CC(=O)CCc1ccc(OC[C@@H](O)C[NH2+]CCCOC(C)C)cc1. The summed E-state index contributed by atoms with van der Waals surface area (Å²) < 4.78 is 11.1. The van der Waals surface area contributed by atoms with E-state index in [1.807, 2.05) is 38.1 Å². The predicted octanol–water partition coefficient (Wildman–Crippen LogP) is 1.33. The van der Waals surface area contributed by atoms with Crippen molar-refractivity contribution >= 4 is 5.78 Å². The van der Waals surface area contributed by atoms with Gasteiger partial charge in [-0.2, -0.15) is 0 Å². The maximum atomic E-state index is 11.0. The van der Waals surface area contributed by atoms with Crippen LogP contribution < -0.4 is 10.1 Å². The first kappa shape index (κ1) is 20.6. The number of nitrogens with two attached hydrogens (primary N) is 1. The van der Waals surface area contributed by atoms with E-state index in [-0.39, 0.29) is 18.5 Å². The molecule has 0 aliphatic carbocycles. The molecule has 0 spiro atoms. The molecule has 0 radical (unpaired) electrons. The summed E-state index contributed by atoms with van der Waals surface area (Å²) in [5, 5.41) is 12.0. The van der Waals surface area contributed by atoms with Gasteiger partial charge in [0.2, 0.25) is 0 Å². The van der Waals surface area contributed by atoms with Gasteiger partial charge in [0, 0.05) is 12.8 Å². The normalized spacial score (nSPS) is 12.4. The smallest absolute Gasteiger partial charge is 0.137 e. The number of carbonyl (C=O) groups is 1. The lowest BCUT2D eigenvalue weighted by Crippen LogP contribution is -2.86. The van der Waals surface area contributed by atoms with Crippen molar-refractivity contribution in [3.05, 3.63) is 29.8 Å². The van der Waals surface area contributed by atoms with Crippen LogP contribution in [0.1, 0.15) is 39.2 Å². The van der Waals surface area contributed by atoms with Crippen LogP contribution in [0.3, 0.4) is 0 Å². The molecule has 0 aliphatic rings. The molecule has 0 unspecified atom stereocenters. The molecule has 136 valence electrons.